The number of aromatic nitrogens is 1. The molecule has 2 aromatic carbocycles. The van der Waals surface area contributed by atoms with Crippen LogP contribution in [-0.4, -0.2) is 42.3 Å². The van der Waals surface area contributed by atoms with Gasteiger partial charge in [0.1, 0.15) is 11.2 Å². The molecule has 2 atom stereocenters. The van der Waals surface area contributed by atoms with Gasteiger partial charge < -0.3 is 9.80 Å². The molecule has 1 spiro atoms. The van der Waals surface area contributed by atoms with Gasteiger partial charge in [-0.1, -0.05) is 42.5 Å². The van der Waals surface area contributed by atoms with Crippen molar-refractivity contribution in [2.45, 2.75) is 19.4 Å². The molecule has 3 aliphatic rings. The maximum atomic E-state index is 14.2. The van der Waals surface area contributed by atoms with Crippen LogP contribution in [0.4, 0.5) is 17.2 Å². The number of carbonyl (C=O) groups excluding carboxylic acids is 1. The Kier molecular flexibility index (Phi) is 4.28. The van der Waals surface area contributed by atoms with Gasteiger partial charge in [-0.05, 0) is 49.2 Å². The smallest absolute Gasteiger partial charge is 0.261 e. The lowest BCUT2D eigenvalue weighted by Crippen LogP contribution is -2.67. The van der Waals surface area contributed by atoms with Gasteiger partial charge in [-0.3, -0.25) is 4.79 Å². The van der Waals surface area contributed by atoms with Crippen molar-refractivity contribution in [3.05, 3.63) is 84.6 Å². The van der Waals surface area contributed by atoms with Crippen LogP contribution in [0.2, 0.25) is 0 Å². The summed E-state index contributed by atoms with van der Waals surface area (Å²) < 4.78 is 0. The number of hydrogen-bond donors (Lipinski definition) is 0. The van der Waals surface area contributed by atoms with E-state index in [-0.39, 0.29) is 11.9 Å². The molecule has 3 aromatic rings. The predicted molar refractivity (Wildman–Crippen MR) is 127 cm³/mol. The highest BCUT2D eigenvalue weighted by Gasteiger charge is 2.59. The van der Waals surface area contributed by atoms with E-state index in [4.69, 9.17) is 5.10 Å². The van der Waals surface area contributed by atoms with E-state index in [2.05, 4.69) is 39.0 Å². The molecule has 160 valence electrons. The number of anilines is 3. The second kappa shape index (κ2) is 7.19. The average Bonchev–Trinajstić information content (AvgIpc) is 3.10. The fourth-order valence-electron chi connectivity index (χ4n) is 5.56. The Bertz CT molecular complexity index is 1200. The Morgan fingerprint density at radius 1 is 0.938 bits per heavy atom. The third-order valence-corrected chi connectivity index (χ3v) is 7.16. The van der Waals surface area contributed by atoms with Crippen molar-refractivity contribution in [3.8, 4) is 0 Å². The highest BCUT2D eigenvalue weighted by atomic mass is 16.2. The van der Waals surface area contributed by atoms with Gasteiger partial charge in [0, 0.05) is 31.5 Å². The third kappa shape index (κ3) is 2.68. The van der Waals surface area contributed by atoms with Gasteiger partial charge in [0.05, 0.1) is 17.4 Å². The van der Waals surface area contributed by atoms with Crippen molar-refractivity contribution in [2.75, 3.05) is 34.4 Å². The maximum Gasteiger partial charge on any atom is 0.261 e. The van der Waals surface area contributed by atoms with E-state index < -0.39 is 5.41 Å². The first kappa shape index (κ1) is 19.0. The first-order valence-electron chi connectivity index (χ1n) is 11.1. The van der Waals surface area contributed by atoms with E-state index in [0.29, 0.717) is 6.42 Å². The quantitative estimate of drug-likeness (QED) is 0.630. The molecule has 32 heavy (non-hydrogen) atoms. The van der Waals surface area contributed by atoms with Gasteiger partial charge in [0.15, 0.2) is 0 Å². The Morgan fingerprint density at radius 2 is 1.72 bits per heavy atom. The molecule has 6 heteroatoms. The number of pyridine rings is 1. The lowest BCUT2D eigenvalue weighted by Gasteiger charge is -2.53. The highest BCUT2D eigenvalue weighted by molar-refractivity contribution is 6.20. The molecule has 2 unspecified atom stereocenters. The van der Waals surface area contributed by atoms with Crippen LogP contribution in [0.5, 0.6) is 0 Å². The molecule has 6 nitrogen and oxygen atoms in total. The van der Waals surface area contributed by atoms with Crippen LogP contribution < -0.4 is 14.8 Å². The van der Waals surface area contributed by atoms with E-state index in [1.165, 1.54) is 11.3 Å². The molecule has 0 N–H and O–H groups in total. The minimum absolute atomic E-state index is 0.0156. The minimum Gasteiger partial charge on any atom is -0.363 e. The van der Waals surface area contributed by atoms with E-state index in [9.17, 15) is 4.79 Å². The minimum atomic E-state index is -0.697. The monoisotopic (exact) mass is 423 g/mol. The largest absolute Gasteiger partial charge is 0.363 e. The SMILES string of the molecule is CC1=NN(c2ccccc2)C(=O)C12Cc1ccccc1N1CCN(c3ccccn3)CC12. The molecule has 0 aliphatic carbocycles. The molecule has 1 amide bonds. The standard InChI is InChI=1S/C26H25N5O/c1-19-26(25(32)31(28-19)21-10-3-2-4-11-21)17-20-9-5-6-12-22(20)30-16-15-29(18-23(26)30)24-13-7-8-14-27-24/h2-14,23H,15-18H2,1H3. The highest BCUT2D eigenvalue weighted by Crippen LogP contribution is 2.48. The van der Waals surface area contributed by atoms with Crippen LogP contribution >= 0.6 is 0 Å². The summed E-state index contributed by atoms with van der Waals surface area (Å²) in [5.41, 5.74) is 3.46. The number of nitrogens with zero attached hydrogens (tertiary/aromatic N) is 5. The first-order valence-corrected chi connectivity index (χ1v) is 11.1. The molecule has 4 heterocycles. The van der Waals surface area contributed by atoms with Crippen molar-refractivity contribution in [1.29, 1.82) is 0 Å². The van der Waals surface area contributed by atoms with Crippen LogP contribution in [0.1, 0.15) is 12.5 Å². The van der Waals surface area contributed by atoms with Gasteiger partial charge in [0.2, 0.25) is 0 Å². The van der Waals surface area contributed by atoms with Crippen molar-refractivity contribution in [2.24, 2.45) is 10.5 Å². The summed E-state index contributed by atoms with van der Waals surface area (Å²) >= 11 is 0. The van der Waals surface area contributed by atoms with Gasteiger partial charge in [-0.25, -0.2) is 4.98 Å². The molecule has 1 fully saturated rings. The number of rotatable bonds is 2. The summed E-state index contributed by atoms with van der Waals surface area (Å²) in [6.07, 6.45) is 2.50. The molecular formula is C26H25N5O. The zero-order valence-electron chi connectivity index (χ0n) is 18.1. The van der Waals surface area contributed by atoms with Gasteiger partial charge in [-0.2, -0.15) is 10.1 Å². The molecule has 1 aromatic heterocycles. The molecule has 0 saturated carbocycles. The number of amides is 1. The lowest BCUT2D eigenvalue weighted by atomic mass is 9.67. The summed E-state index contributed by atoms with van der Waals surface area (Å²) in [7, 11) is 0. The third-order valence-electron chi connectivity index (χ3n) is 7.16. The van der Waals surface area contributed by atoms with Crippen molar-refractivity contribution < 1.29 is 4.79 Å². The van der Waals surface area contributed by atoms with Crippen LogP contribution in [0.25, 0.3) is 0 Å². The fraction of sp³-hybridized carbons (Fsp3) is 0.269. The summed E-state index contributed by atoms with van der Waals surface area (Å²) in [6.45, 7) is 4.45. The van der Waals surface area contributed by atoms with E-state index in [1.54, 1.807) is 5.01 Å². The topological polar surface area (TPSA) is 52.0 Å². The van der Waals surface area contributed by atoms with E-state index >= 15 is 0 Å². The molecule has 0 radical (unpaired) electrons. The van der Waals surface area contributed by atoms with E-state index in [1.807, 2.05) is 61.7 Å². The number of hydrogen-bond acceptors (Lipinski definition) is 5. The number of fused-ring (bicyclic) bond motifs is 4. The first-order chi connectivity index (χ1) is 15.7. The number of hydrazone groups is 1. The Labute approximate surface area is 187 Å². The number of benzene rings is 2. The molecule has 0 bridgehead atoms. The maximum absolute atomic E-state index is 14.2. The molecular weight excluding hydrogens is 398 g/mol. The summed E-state index contributed by atoms with van der Waals surface area (Å²) in [5, 5.41) is 6.43. The van der Waals surface area contributed by atoms with Gasteiger partial charge >= 0.3 is 0 Å². The second-order valence-electron chi connectivity index (χ2n) is 8.76. The van der Waals surface area contributed by atoms with Crippen LogP contribution in [-0.2, 0) is 11.2 Å². The van der Waals surface area contributed by atoms with Crippen molar-refractivity contribution in [3.63, 3.8) is 0 Å². The Balaban J connectivity index is 1.46. The van der Waals surface area contributed by atoms with Crippen LogP contribution in [0.3, 0.4) is 0 Å². The molecule has 3 aliphatic heterocycles. The van der Waals surface area contributed by atoms with Crippen molar-refractivity contribution in [1.82, 2.24) is 4.98 Å². The normalized spacial score (nSPS) is 24.4. The Morgan fingerprint density at radius 3 is 2.53 bits per heavy atom. The van der Waals surface area contributed by atoms with Gasteiger partial charge in [0.25, 0.3) is 5.91 Å². The zero-order chi connectivity index (χ0) is 21.7. The van der Waals surface area contributed by atoms with Crippen molar-refractivity contribution >= 4 is 28.8 Å². The summed E-state index contributed by atoms with van der Waals surface area (Å²) in [6, 6.07) is 24.2. The van der Waals surface area contributed by atoms with Crippen LogP contribution in [0.15, 0.2) is 84.1 Å². The number of piperazine rings is 1. The second-order valence-corrected chi connectivity index (χ2v) is 8.76. The number of carbonyl (C=O) groups is 1. The fourth-order valence-corrected chi connectivity index (χ4v) is 5.56. The molecule has 6 rings (SSSR count). The van der Waals surface area contributed by atoms with E-state index in [0.717, 1.165) is 36.9 Å². The summed E-state index contributed by atoms with van der Waals surface area (Å²) in [5.74, 6) is 1.02. The number of para-hydroxylation sites is 2. The zero-order valence-corrected chi connectivity index (χ0v) is 18.1. The summed E-state index contributed by atoms with van der Waals surface area (Å²) in [4.78, 5) is 23.5. The average molecular weight is 424 g/mol. The van der Waals surface area contributed by atoms with Crippen LogP contribution in [0, 0.1) is 5.41 Å². The lowest BCUT2D eigenvalue weighted by molar-refractivity contribution is -0.125. The van der Waals surface area contributed by atoms with Gasteiger partial charge in [-0.15, -0.1) is 0 Å². The Hall–Kier alpha value is -3.67. The predicted octanol–water partition coefficient (Wildman–Crippen LogP) is 3.74. The molecule has 1 saturated heterocycles.